The van der Waals surface area contributed by atoms with Crippen molar-refractivity contribution in [3.8, 4) is 0 Å². The highest BCUT2D eigenvalue weighted by molar-refractivity contribution is 8.52. The summed E-state index contributed by atoms with van der Waals surface area (Å²) in [4.78, 5) is 0. The summed E-state index contributed by atoms with van der Waals surface area (Å²) in [5.41, 5.74) is 0. The lowest BCUT2D eigenvalue weighted by Crippen LogP contribution is -1.48. The molecule has 0 bridgehead atoms. The highest BCUT2D eigenvalue weighted by Gasteiger charge is 1.81. The summed E-state index contributed by atoms with van der Waals surface area (Å²) in [6.45, 7) is 4.00. The lowest BCUT2D eigenvalue weighted by molar-refractivity contribution is 0.675. The van der Waals surface area contributed by atoms with Gasteiger partial charge in [0.1, 0.15) is 0 Å². The van der Waals surface area contributed by atoms with Crippen molar-refractivity contribution < 1.29 is 4.55 Å². The molecule has 1 N–H and O–H groups in total. The van der Waals surface area contributed by atoms with Crippen molar-refractivity contribution in [3.05, 3.63) is 0 Å². The molecule has 32 valence electrons. The molecule has 3 heteroatoms. The molecule has 0 aromatic heterocycles. The third-order valence-corrected chi connectivity index (χ3v) is 1.47. The number of hydrogen-bond donors (Lipinski definition) is 1. The van der Waals surface area contributed by atoms with E-state index in [2.05, 4.69) is 0 Å². The van der Waals surface area contributed by atoms with Gasteiger partial charge in [0.05, 0.1) is 0 Å². The zero-order chi connectivity index (χ0) is 4.28. The topological polar surface area (TPSA) is 20.2 Å². The molecule has 0 amide bonds. The van der Waals surface area contributed by atoms with E-state index in [1.54, 1.807) is 0 Å². The molecule has 0 saturated heterocycles. The van der Waals surface area contributed by atoms with E-state index in [0.29, 0.717) is 0 Å². The van der Waals surface area contributed by atoms with Crippen LogP contribution < -0.4 is 0 Å². The SMILES string of the molecule is CP(C)SO. The maximum absolute atomic E-state index is 8.09. The van der Waals surface area contributed by atoms with Crippen LogP contribution in [0.3, 0.4) is 0 Å². The molecule has 0 fully saturated rings. The van der Waals surface area contributed by atoms with Crippen LogP contribution in [-0.4, -0.2) is 17.9 Å². The maximum atomic E-state index is 8.09. The van der Waals surface area contributed by atoms with Crippen LogP contribution in [0.5, 0.6) is 0 Å². The Morgan fingerprint density at radius 1 is 1.60 bits per heavy atom. The van der Waals surface area contributed by atoms with Crippen molar-refractivity contribution in [2.75, 3.05) is 13.3 Å². The van der Waals surface area contributed by atoms with Gasteiger partial charge in [-0.3, -0.25) is 0 Å². The van der Waals surface area contributed by atoms with E-state index < -0.39 is 0 Å². The summed E-state index contributed by atoms with van der Waals surface area (Å²) in [7, 11) is -0.126. The standard InChI is InChI=1S/C2H7OPS/c1-4(2)5-3/h3H,1-2H3. The van der Waals surface area contributed by atoms with Crippen molar-refractivity contribution in [3.63, 3.8) is 0 Å². The molecular formula is C2H7OPS. The second-order valence-corrected chi connectivity index (χ2v) is 5.36. The minimum Gasteiger partial charge on any atom is -0.326 e. The van der Waals surface area contributed by atoms with Gasteiger partial charge in [-0.25, -0.2) is 0 Å². The van der Waals surface area contributed by atoms with E-state index in [-0.39, 0.29) is 7.12 Å². The molecule has 0 rings (SSSR count). The van der Waals surface area contributed by atoms with Crippen LogP contribution in [0.2, 0.25) is 0 Å². The Hall–Kier alpha value is 0.740. The number of rotatable bonds is 1. The van der Waals surface area contributed by atoms with Crippen molar-refractivity contribution in [2.45, 2.75) is 0 Å². The average molecular weight is 110 g/mol. The van der Waals surface area contributed by atoms with E-state index in [4.69, 9.17) is 4.55 Å². The highest BCUT2D eigenvalue weighted by Crippen LogP contribution is 2.38. The largest absolute Gasteiger partial charge is 0.326 e. The zero-order valence-corrected chi connectivity index (χ0v) is 5.01. The summed E-state index contributed by atoms with van der Waals surface area (Å²) in [6, 6.07) is 0. The quantitative estimate of drug-likeness (QED) is 0.410. The lowest BCUT2D eigenvalue weighted by Gasteiger charge is -1.89. The Bertz CT molecular complexity index is 23.6. The first-order valence-electron chi connectivity index (χ1n) is 1.26. The molecule has 0 atom stereocenters. The molecule has 1 nitrogen and oxygen atoms in total. The fourth-order valence-corrected chi connectivity index (χ4v) is 0. The zero-order valence-electron chi connectivity index (χ0n) is 3.30. The summed E-state index contributed by atoms with van der Waals surface area (Å²) < 4.78 is 8.09. The van der Waals surface area contributed by atoms with Crippen LogP contribution in [0.25, 0.3) is 0 Å². The van der Waals surface area contributed by atoms with E-state index in [9.17, 15) is 0 Å². The Kier molecular flexibility index (Phi) is 3.39. The van der Waals surface area contributed by atoms with Crippen LogP contribution in [-0.2, 0) is 0 Å². The van der Waals surface area contributed by atoms with Crippen LogP contribution in [0.1, 0.15) is 0 Å². The van der Waals surface area contributed by atoms with Gasteiger partial charge in [-0.1, -0.05) is 0 Å². The third-order valence-electron chi connectivity index (χ3n) is 0.163. The van der Waals surface area contributed by atoms with E-state index in [0.717, 1.165) is 11.7 Å². The molecule has 0 aliphatic rings. The van der Waals surface area contributed by atoms with Crippen LogP contribution in [0, 0.1) is 0 Å². The summed E-state index contributed by atoms with van der Waals surface area (Å²) >= 11 is 0.944. The molecule has 5 heavy (non-hydrogen) atoms. The van der Waals surface area contributed by atoms with E-state index in [1.807, 2.05) is 13.3 Å². The fourth-order valence-electron chi connectivity index (χ4n) is 0. The minimum absolute atomic E-state index is 0.126. The monoisotopic (exact) mass is 110 g/mol. The molecule has 0 spiro atoms. The Labute approximate surface area is 37.5 Å². The maximum Gasteiger partial charge on any atom is 0.0131 e. The van der Waals surface area contributed by atoms with Crippen LogP contribution >= 0.6 is 18.8 Å². The van der Waals surface area contributed by atoms with Crippen LogP contribution in [0.15, 0.2) is 0 Å². The van der Waals surface area contributed by atoms with Gasteiger partial charge < -0.3 is 4.55 Å². The highest BCUT2D eigenvalue weighted by atomic mass is 32.7. The summed E-state index contributed by atoms with van der Waals surface area (Å²) in [6.07, 6.45) is 0. The number of hydrogen-bond acceptors (Lipinski definition) is 2. The second kappa shape index (κ2) is 2.95. The normalized spacial score (nSPS) is 9.60. The summed E-state index contributed by atoms with van der Waals surface area (Å²) in [5, 5.41) is 0. The first-order valence-corrected chi connectivity index (χ1v) is 4.87. The Morgan fingerprint density at radius 3 is 1.80 bits per heavy atom. The summed E-state index contributed by atoms with van der Waals surface area (Å²) in [5.74, 6) is 0. The van der Waals surface area contributed by atoms with Gasteiger partial charge >= 0.3 is 0 Å². The molecule has 0 heterocycles. The fraction of sp³-hybridized carbons (Fsp3) is 1.00. The van der Waals surface area contributed by atoms with Crippen molar-refractivity contribution in [1.82, 2.24) is 0 Å². The Balaban J connectivity index is 2.54. The van der Waals surface area contributed by atoms with E-state index >= 15 is 0 Å². The third kappa shape index (κ3) is 4.74. The van der Waals surface area contributed by atoms with Gasteiger partial charge in [0.2, 0.25) is 0 Å². The molecule has 0 radical (unpaired) electrons. The smallest absolute Gasteiger partial charge is 0.0131 e. The average Bonchev–Trinajstić information content (AvgIpc) is 1.38. The van der Waals surface area contributed by atoms with Gasteiger partial charge in [0.25, 0.3) is 0 Å². The van der Waals surface area contributed by atoms with Crippen molar-refractivity contribution >= 4 is 18.8 Å². The second-order valence-electron chi connectivity index (χ2n) is 0.894. The van der Waals surface area contributed by atoms with Gasteiger partial charge in [-0.2, -0.15) is 0 Å². The molecule has 0 aromatic rings. The van der Waals surface area contributed by atoms with Crippen molar-refractivity contribution in [1.29, 1.82) is 0 Å². The van der Waals surface area contributed by atoms with Gasteiger partial charge in [-0.15, -0.1) is 0 Å². The first-order chi connectivity index (χ1) is 2.27. The molecular weight excluding hydrogens is 103 g/mol. The predicted molar refractivity (Wildman–Crippen MR) is 29.0 cm³/mol. The minimum atomic E-state index is -0.126. The van der Waals surface area contributed by atoms with Gasteiger partial charge in [0, 0.05) is 11.7 Å². The predicted octanol–water partition coefficient (Wildman–Crippen LogP) is 1.85. The van der Waals surface area contributed by atoms with Gasteiger partial charge in [-0.05, 0) is 20.5 Å². The van der Waals surface area contributed by atoms with Crippen molar-refractivity contribution in [2.24, 2.45) is 0 Å². The molecule has 0 unspecified atom stereocenters. The van der Waals surface area contributed by atoms with Gasteiger partial charge in [0.15, 0.2) is 0 Å². The molecule has 0 aliphatic heterocycles. The lowest BCUT2D eigenvalue weighted by atomic mass is 11.9. The molecule has 0 aromatic carbocycles. The van der Waals surface area contributed by atoms with E-state index in [1.165, 1.54) is 0 Å². The molecule has 0 saturated carbocycles. The first kappa shape index (κ1) is 5.74. The molecule has 0 aliphatic carbocycles. The Morgan fingerprint density at radius 2 is 1.80 bits per heavy atom. The van der Waals surface area contributed by atoms with Crippen LogP contribution in [0.4, 0.5) is 0 Å².